The molecule has 2 heterocycles. The first-order valence-electron chi connectivity index (χ1n) is 10.1. The molecule has 33 heavy (non-hydrogen) atoms. The van der Waals surface area contributed by atoms with Crippen molar-refractivity contribution in [3.8, 4) is 0 Å². The average molecular weight is 488 g/mol. The van der Waals surface area contributed by atoms with Gasteiger partial charge in [-0.15, -0.1) is 10.2 Å². The van der Waals surface area contributed by atoms with Crippen LogP contribution in [0, 0.1) is 11.7 Å². The Hall–Kier alpha value is -3.37. The van der Waals surface area contributed by atoms with E-state index in [4.69, 9.17) is 11.6 Å². The van der Waals surface area contributed by atoms with Crippen LogP contribution in [0.3, 0.4) is 0 Å². The van der Waals surface area contributed by atoms with Crippen LogP contribution in [0.5, 0.6) is 0 Å². The van der Waals surface area contributed by atoms with Crippen molar-refractivity contribution in [1.82, 2.24) is 15.1 Å². The van der Waals surface area contributed by atoms with Gasteiger partial charge in [-0.25, -0.2) is 4.39 Å². The minimum absolute atomic E-state index is 0.0264. The lowest BCUT2D eigenvalue weighted by atomic mass is 9.95. The summed E-state index contributed by atoms with van der Waals surface area (Å²) in [6.45, 7) is 0.784. The first-order chi connectivity index (χ1) is 15.9. The number of carbonyl (C=O) groups excluding carboxylic acids is 3. The second-order valence-corrected chi connectivity index (χ2v) is 8.85. The van der Waals surface area contributed by atoms with E-state index in [1.54, 1.807) is 29.2 Å². The molecule has 170 valence electrons. The van der Waals surface area contributed by atoms with Gasteiger partial charge in [-0.1, -0.05) is 29.0 Å². The second-order valence-electron chi connectivity index (χ2n) is 7.44. The van der Waals surface area contributed by atoms with Gasteiger partial charge in [-0.2, -0.15) is 0 Å². The summed E-state index contributed by atoms with van der Waals surface area (Å²) in [5.41, 5.74) is 1.04. The van der Waals surface area contributed by atoms with Gasteiger partial charge in [-0.3, -0.25) is 14.4 Å². The van der Waals surface area contributed by atoms with E-state index in [1.807, 2.05) is 0 Å². The number of nitrogens with one attached hydrogen (secondary N) is 2. The lowest BCUT2D eigenvalue weighted by Gasteiger charge is -2.30. The van der Waals surface area contributed by atoms with Crippen molar-refractivity contribution in [2.24, 2.45) is 5.92 Å². The van der Waals surface area contributed by atoms with E-state index in [0.717, 1.165) is 11.3 Å². The molecular weight excluding hydrogens is 469 g/mol. The largest absolute Gasteiger partial charge is 0.336 e. The molecule has 3 aromatic rings. The van der Waals surface area contributed by atoms with Crippen molar-refractivity contribution in [1.29, 1.82) is 0 Å². The maximum absolute atomic E-state index is 13.0. The van der Waals surface area contributed by atoms with Crippen molar-refractivity contribution in [2.45, 2.75) is 12.8 Å². The van der Waals surface area contributed by atoms with Gasteiger partial charge >= 0.3 is 0 Å². The number of likely N-dealkylation sites (tertiary alicyclic amines) is 1. The molecule has 11 heteroatoms. The number of hydrogen-bond donors (Lipinski definition) is 2. The summed E-state index contributed by atoms with van der Waals surface area (Å²) in [7, 11) is 0. The van der Waals surface area contributed by atoms with Crippen molar-refractivity contribution in [3.63, 3.8) is 0 Å². The lowest BCUT2D eigenvalue weighted by molar-refractivity contribution is -0.121. The van der Waals surface area contributed by atoms with E-state index < -0.39 is 11.7 Å². The fourth-order valence-electron chi connectivity index (χ4n) is 3.41. The van der Waals surface area contributed by atoms with Gasteiger partial charge in [0.15, 0.2) is 0 Å². The Morgan fingerprint density at radius 3 is 2.36 bits per heavy atom. The van der Waals surface area contributed by atoms with Gasteiger partial charge in [0, 0.05) is 35.4 Å². The third-order valence-electron chi connectivity index (χ3n) is 5.15. The van der Waals surface area contributed by atoms with Crippen molar-refractivity contribution < 1.29 is 18.8 Å². The van der Waals surface area contributed by atoms with Crippen molar-refractivity contribution in [3.05, 3.63) is 69.4 Å². The number of anilines is 2. The molecule has 0 spiro atoms. The van der Waals surface area contributed by atoms with E-state index in [1.165, 1.54) is 24.3 Å². The number of halogens is 2. The zero-order valence-corrected chi connectivity index (χ0v) is 18.8. The van der Waals surface area contributed by atoms with Gasteiger partial charge in [0.05, 0.1) is 0 Å². The molecule has 8 nitrogen and oxygen atoms in total. The number of carbonyl (C=O) groups is 3. The number of nitrogens with zero attached hydrogens (tertiary/aromatic N) is 3. The molecule has 0 unspecified atom stereocenters. The molecule has 1 saturated heterocycles. The van der Waals surface area contributed by atoms with E-state index in [2.05, 4.69) is 20.8 Å². The van der Waals surface area contributed by atoms with E-state index in [9.17, 15) is 18.8 Å². The van der Waals surface area contributed by atoms with Gasteiger partial charge in [-0.05, 0) is 55.3 Å². The fraction of sp³-hybridized carbons (Fsp3) is 0.227. The van der Waals surface area contributed by atoms with Crippen molar-refractivity contribution in [2.75, 3.05) is 23.7 Å². The Morgan fingerprint density at radius 1 is 0.970 bits per heavy atom. The van der Waals surface area contributed by atoms with Crippen LogP contribution in [0.25, 0.3) is 0 Å². The minimum Gasteiger partial charge on any atom is -0.336 e. The molecule has 3 amide bonds. The van der Waals surface area contributed by atoms with Gasteiger partial charge < -0.3 is 15.5 Å². The molecule has 0 radical (unpaired) electrons. The molecule has 1 aliphatic heterocycles. The normalized spacial score (nSPS) is 14.1. The summed E-state index contributed by atoms with van der Waals surface area (Å²) in [5, 5.41) is 13.8. The minimum atomic E-state index is -0.533. The Morgan fingerprint density at radius 2 is 1.67 bits per heavy atom. The standard InChI is InChI=1S/C22H19ClFN5O3S/c23-14-2-1-3-17(12-14)26-18(30)13-8-10-29(11-9-13)22(32)21-28-27-20(33-21)19(31)25-16-6-4-15(24)5-7-16/h1-7,12-13H,8-11H2,(H,25,31)(H,26,30). The molecule has 0 atom stereocenters. The average Bonchev–Trinajstić information content (AvgIpc) is 3.31. The van der Waals surface area contributed by atoms with Gasteiger partial charge in [0.1, 0.15) is 5.82 Å². The number of hydrogen-bond acceptors (Lipinski definition) is 6. The predicted molar refractivity (Wildman–Crippen MR) is 123 cm³/mol. The number of amides is 3. The number of benzene rings is 2. The van der Waals surface area contributed by atoms with Crippen LogP contribution in [0.4, 0.5) is 15.8 Å². The lowest BCUT2D eigenvalue weighted by Crippen LogP contribution is -2.41. The highest BCUT2D eigenvalue weighted by Crippen LogP contribution is 2.23. The molecule has 0 bridgehead atoms. The molecule has 2 N–H and O–H groups in total. The van der Waals surface area contributed by atoms with Crippen LogP contribution in [0.15, 0.2) is 48.5 Å². The molecule has 4 rings (SSSR count). The van der Waals surface area contributed by atoms with Crippen LogP contribution in [0.2, 0.25) is 5.02 Å². The summed E-state index contributed by atoms with van der Waals surface area (Å²) < 4.78 is 13.0. The highest BCUT2D eigenvalue weighted by atomic mass is 35.5. The number of piperidine rings is 1. The van der Waals surface area contributed by atoms with Gasteiger partial charge in [0.25, 0.3) is 11.8 Å². The first-order valence-corrected chi connectivity index (χ1v) is 11.3. The van der Waals surface area contributed by atoms with Crippen LogP contribution in [0.1, 0.15) is 32.4 Å². The molecule has 0 saturated carbocycles. The SMILES string of the molecule is O=C(Nc1ccc(F)cc1)c1nnc(C(=O)N2CCC(C(=O)Nc3cccc(Cl)c3)CC2)s1. The highest BCUT2D eigenvalue weighted by Gasteiger charge is 2.30. The molecule has 1 aliphatic rings. The summed E-state index contributed by atoms with van der Waals surface area (Å²) in [5.74, 6) is -1.61. The second kappa shape index (κ2) is 10.1. The Bertz CT molecular complexity index is 1180. The maximum Gasteiger partial charge on any atom is 0.286 e. The number of rotatable bonds is 5. The topological polar surface area (TPSA) is 104 Å². The summed E-state index contributed by atoms with van der Waals surface area (Å²) in [4.78, 5) is 39.2. The zero-order chi connectivity index (χ0) is 23.4. The third-order valence-corrected chi connectivity index (χ3v) is 6.29. The van der Waals surface area contributed by atoms with E-state index in [-0.39, 0.29) is 27.7 Å². The fourth-order valence-corrected chi connectivity index (χ4v) is 4.31. The van der Waals surface area contributed by atoms with Crippen molar-refractivity contribution >= 4 is 52.0 Å². The molecule has 2 aromatic carbocycles. The van der Waals surface area contributed by atoms with Crippen LogP contribution in [-0.2, 0) is 4.79 Å². The molecule has 0 aliphatic carbocycles. The summed E-state index contributed by atoms with van der Waals surface area (Å²) >= 11 is 6.83. The zero-order valence-electron chi connectivity index (χ0n) is 17.3. The molecule has 1 aromatic heterocycles. The van der Waals surface area contributed by atoms with E-state index in [0.29, 0.717) is 42.3 Å². The summed E-state index contributed by atoms with van der Waals surface area (Å²) in [6.07, 6.45) is 1.02. The summed E-state index contributed by atoms with van der Waals surface area (Å²) in [6, 6.07) is 12.2. The van der Waals surface area contributed by atoms with Crippen LogP contribution >= 0.6 is 22.9 Å². The van der Waals surface area contributed by atoms with Crippen LogP contribution < -0.4 is 10.6 Å². The third kappa shape index (κ3) is 5.71. The molecule has 1 fully saturated rings. The Kier molecular flexibility index (Phi) is 6.95. The molecular formula is C22H19ClFN5O3S. The van der Waals surface area contributed by atoms with Gasteiger partial charge in [0.2, 0.25) is 15.9 Å². The van der Waals surface area contributed by atoms with E-state index >= 15 is 0 Å². The monoisotopic (exact) mass is 487 g/mol. The Balaban J connectivity index is 1.30. The predicted octanol–water partition coefficient (Wildman–Crippen LogP) is 4.07. The highest BCUT2D eigenvalue weighted by molar-refractivity contribution is 7.15. The Labute approximate surface area is 197 Å². The number of aromatic nitrogens is 2. The maximum atomic E-state index is 13.0. The van der Waals surface area contributed by atoms with Crippen LogP contribution in [-0.4, -0.2) is 45.9 Å². The quantitative estimate of drug-likeness (QED) is 0.564. The smallest absolute Gasteiger partial charge is 0.286 e. The first kappa shape index (κ1) is 22.8.